The van der Waals surface area contributed by atoms with E-state index < -0.39 is 0 Å². The van der Waals surface area contributed by atoms with Gasteiger partial charge in [0.1, 0.15) is 6.33 Å². The molecule has 4 rings (SSSR count). The monoisotopic (exact) mass is 330 g/mol. The summed E-state index contributed by atoms with van der Waals surface area (Å²) in [7, 11) is 0. The summed E-state index contributed by atoms with van der Waals surface area (Å²) in [5.74, 6) is 0.883. The molecule has 130 valence electrons. The fraction of sp³-hybridized carbons (Fsp3) is 0.706. The van der Waals surface area contributed by atoms with Gasteiger partial charge in [-0.2, -0.15) is 9.61 Å². The van der Waals surface area contributed by atoms with Crippen molar-refractivity contribution in [3.63, 3.8) is 0 Å². The Labute approximate surface area is 142 Å². The molecule has 0 aromatic carbocycles. The van der Waals surface area contributed by atoms with Gasteiger partial charge in [-0.05, 0) is 37.7 Å². The summed E-state index contributed by atoms with van der Waals surface area (Å²) < 4.78 is 1.78. The van der Waals surface area contributed by atoms with E-state index in [9.17, 15) is 5.11 Å². The Balaban J connectivity index is 1.58. The van der Waals surface area contributed by atoms with Crippen molar-refractivity contribution in [3.05, 3.63) is 18.1 Å². The highest BCUT2D eigenvalue weighted by Crippen LogP contribution is 2.32. The molecule has 2 aromatic heterocycles. The van der Waals surface area contributed by atoms with Crippen molar-refractivity contribution in [1.82, 2.24) is 24.7 Å². The number of fused-ring (bicyclic) bond motifs is 1. The second-order valence-electron chi connectivity index (χ2n) is 7.02. The van der Waals surface area contributed by atoms with E-state index in [0.29, 0.717) is 6.04 Å². The van der Waals surface area contributed by atoms with Crippen LogP contribution in [0.15, 0.2) is 12.4 Å². The van der Waals surface area contributed by atoms with E-state index in [1.165, 1.54) is 19.4 Å². The second-order valence-corrected chi connectivity index (χ2v) is 7.02. The number of hydrogen-bond donors (Lipinski definition) is 1. The van der Waals surface area contributed by atoms with E-state index in [4.69, 9.17) is 0 Å². The first-order chi connectivity index (χ1) is 11.8. The lowest BCUT2D eigenvalue weighted by Crippen LogP contribution is -2.54. The van der Waals surface area contributed by atoms with Gasteiger partial charge in [0.2, 0.25) is 5.65 Å². The molecular formula is C17H26N6O. The van der Waals surface area contributed by atoms with Gasteiger partial charge in [-0.3, -0.25) is 4.90 Å². The molecule has 1 saturated heterocycles. The van der Waals surface area contributed by atoms with Crippen molar-refractivity contribution in [2.24, 2.45) is 5.92 Å². The third-order valence-corrected chi connectivity index (χ3v) is 5.26. The van der Waals surface area contributed by atoms with Crippen LogP contribution in [0.4, 0.5) is 5.69 Å². The number of hydrogen-bond acceptors (Lipinski definition) is 6. The first kappa shape index (κ1) is 15.8. The molecular weight excluding hydrogens is 304 g/mol. The molecule has 1 N–H and O–H groups in total. The van der Waals surface area contributed by atoms with Crippen LogP contribution in [-0.4, -0.2) is 68.6 Å². The minimum absolute atomic E-state index is 0.247. The summed E-state index contributed by atoms with van der Waals surface area (Å²) in [6.07, 6.45) is 6.14. The molecule has 0 spiro atoms. The molecule has 1 unspecified atom stereocenters. The molecule has 1 aliphatic heterocycles. The Hall–Kier alpha value is -1.73. The third kappa shape index (κ3) is 3.10. The number of anilines is 1. The van der Waals surface area contributed by atoms with Gasteiger partial charge in [0.15, 0.2) is 0 Å². The van der Waals surface area contributed by atoms with Crippen molar-refractivity contribution in [3.8, 4) is 0 Å². The average molecular weight is 330 g/mol. The molecule has 1 atom stereocenters. The second kappa shape index (κ2) is 6.64. The van der Waals surface area contributed by atoms with Crippen molar-refractivity contribution in [1.29, 1.82) is 0 Å². The van der Waals surface area contributed by atoms with Crippen LogP contribution in [0.5, 0.6) is 0 Å². The molecule has 2 aliphatic rings. The molecule has 0 amide bonds. The van der Waals surface area contributed by atoms with Crippen LogP contribution in [-0.2, 0) is 6.42 Å². The number of nitrogens with zero attached hydrogens (tertiary/aromatic N) is 6. The van der Waals surface area contributed by atoms with Gasteiger partial charge in [-0.15, -0.1) is 10.2 Å². The quantitative estimate of drug-likeness (QED) is 0.851. The van der Waals surface area contributed by atoms with E-state index in [0.717, 1.165) is 55.4 Å². The van der Waals surface area contributed by atoms with Crippen LogP contribution in [0.1, 0.15) is 31.9 Å². The van der Waals surface area contributed by atoms with Gasteiger partial charge >= 0.3 is 0 Å². The van der Waals surface area contributed by atoms with Crippen LogP contribution < -0.4 is 4.90 Å². The van der Waals surface area contributed by atoms with Crippen LogP contribution in [0.25, 0.3) is 5.65 Å². The Kier molecular flexibility index (Phi) is 4.37. The first-order valence-electron chi connectivity index (χ1n) is 9.08. The Morgan fingerprint density at radius 2 is 2.17 bits per heavy atom. The summed E-state index contributed by atoms with van der Waals surface area (Å²) in [6.45, 7) is 6.52. The number of aliphatic hydroxyl groups excluding tert-OH is 1. The summed E-state index contributed by atoms with van der Waals surface area (Å²) in [4.78, 5) is 4.97. The van der Waals surface area contributed by atoms with Crippen LogP contribution in [0.3, 0.4) is 0 Å². The van der Waals surface area contributed by atoms with Crippen LogP contribution in [0.2, 0.25) is 0 Å². The third-order valence-electron chi connectivity index (χ3n) is 5.26. The molecule has 24 heavy (non-hydrogen) atoms. The fourth-order valence-electron chi connectivity index (χ4n) is 3.67. The summed E-state index contributed by atoms with van der Waals surface area (Å²) >= 11 is 0. The van der Waals surface area contributed by atoms with Gasteiger partial charge < -0.3 is 10.0 Å². The molecule has 0 radical (unpaired) electrons. The lowest BCUT2D eigenvalue weighted by molar-refractivity contribution is 0.137. The summed E-state index contributed by atoms with van der Waals surface area (Å²) in [5, 5.41) is 22.3. The highest BCUT2D eigenvalue weighted by atomic mass is 16.3. The van der Waals surface area contributed by atoms with Crippen LogP contribution in [0, 0.1) is 5.92 Å². The lowest BCUT2D eigenvalue weighted by atomic mass is 10.1. The van der Waals surface area contributed by atoms with Gasteiger partial charge in [0.25, 0.3) is 0 Å². The predicted octanol–water partition coefficient (Wildman–Crippen LogP) is 0.970. The minimum atomic E-state index is 0.247. The largest absolute Gasteiger partial charge is 0.396 e. The standard InChI is InChI=1S/C17H26N6O/c1-2-14-9-16(17-19-18-12-23(17)20-14)22-7-6-21(10-13-3-4-13)15(11-22)5-8-24/h9,12-13,15,24H,2-8,10-11H2,1H3. The van der Waals surface area contributed by atoms with E-state index >= 15 is 0 Å². The molecule has 2 fully saturated rings. The van der Waals surface area contributed by atoms with E-state index in [1.807, 2.05) is 0 Å². The topological polar surface area (TPSA) is 69.8 Å². The van der Waals surface area contributed by atoms with Gasteiger partial charge in [0, 0.05) is 38.8 Å². The fourth-order valence-corrected chi connectivity index (χ4v) is 3.67. The van der Waals surface area contributed by atoms with E-state index in [2.05, 4.69) is 38.1 Å². The van der Waals surface area contributed by atoms with E-state index in [-0.39, 0.29) is 6.61 Å². The molecule has 7 nitrogen and oxygen atoms in total. The van der Waals surface area contributed by atoms with Crippen molar-refractivity contribution in [2.45, 2.75) is 38.6 Å². The maximum atomic E-state index is 9.48. The van der Waals surface area contributed by atoms with E-state index in [1.54, 1.807) is 10.8 Å². The zero-order valence-corrected chi connectivity index (χ0v) is 14.3. The zero-order valence-electron chi connectivity index (χ0n) is 14.3. The maximum Gasteiger partial charge on any atom is 0.200 e. The lowest BCUT2D eigenvalue weighted by Gasteiger charge is -2.42. The Morgan fingerprint density at radius 3 is 2.92 bits per heavy atom. The molecule has 1 saturated carbocycles. The summed E-state index contributed by atoms with van der Waals surface area (Å²) in [6, 6.07) is 2.56. The average Bonchev–Trinajstić information content (AvgIpc) is 3.29. The SMILES string of the molecule is CCc1cc(N2CCN(CC3CC3)C(CCO)C2)c2nncn2n1. The minimum Gasteiger partial charge on any atom is -0.396 e. The van der Waals surface area contributed by atoms with Crippen molar-refractivity contribution >= 4 is 11.3 Å². The number of aromatic nitrogens is 4. The number of piperazine rings is 1. The molecule has 0 bridgehead atoms. The van der Waals surface area contributed by atoms with Crippen LogP contribution >= 0.6 is 0 Å². The van der Waals surface area contributed by atoms with Crippen molar-refractivity contribution < 1.29 is 5.11 Å². The zero-order chi connectivity index (χ0) is 16.5. The Bertz CT molecular complexity index is 697. The molecule has 7 heteroatoms. The van der Waals surface area contributed by atoms with Gasteiger partial charge in [-0.25, -0.2) is 0 Å². The first-order valence-corrected chi connectivity index (χ1v) is 9.08. The molecule has 3 heterocycles. The summed E-state index contributed by atoms with van der Waals surface area (Å²) in [5.41, 5.74) is 3.00. The maximum absolute atomic E-state index is 9.48. The predicted molar refractivity (Wildman–Crippen MR) is 92.2 cm³/mol. The highest BCUT2D eigenvalue weighted by molar-refractivity contribution is 5.68. The Morgan fingerprint density at radius 1 is 1.29 bits per heavy atom. The highest BCUT2D eigenvalue weighted by Gasteiger charge is 2.32. The van der Waals surface area contributed by atoms with Crippen molar-refractivity contribution in [2.75, 3.05) is 37.7 Å². The normalized spacial score (nSPS) is 22.4. The number of aryl methyl sites for hydroxylation is 1. The number of aliphatic hydroxyl groups is 1. The number of rotatable bonds is 6. The molecule has 2 aromatic rings. The smallest absolute Gasteiger partial charge is 0.200 e. The van der Waals surface area contributed by atoms with Gasteiger partial charge in [-0.1, -0.05) is 6.92 Å². The molecule has 1 aliphatic carbocycles. The van der Waals surface area contributed by atoms with Gasteiger partial charge in [0.05, 0.1) is 11.4 Å².